The van der Waals surface area contributed by atoms with E-state index in [2.05, 4.69) is 25.9 Å². The van der Waals surface area contributed by atoms with Crippen LogP contribution < -0.4 is 16.0 Å². The van der Waals surface area contributed by atoms with E-state index < -0.39 is 0 Å². The maximum absolute atomic E-state index is 11.8. The lowest BCUT2D eigenvalue weighted by molar-refractivity contribution is -0.114. The molecule has 24 heavy (non-hydrogen) atoms. The van der Waals surface area contributed by atoms with Crippen molar-refractivity contribution < 1.29 is 14.3 Å². The van der Waals surface area contributed by atoms with Gasteiger partial charge in [0, 0.05) is 44.3 Å². The van der Waals surface area contributed by atoms with Crippen LogP contribution in [-0.2, 0) is 9.53 Å². The third-order valence-corrected chi connectivity index (χ3v) is 2.94. The van der Waals surface area contributed by atoms with Gasteiger partial charge >= 0.3 is 0 Å². The molecule has 1 aromatic heterocycles. The Labute approximate surface area is 139 Å². The van der Waals surface area contributed by atoms with Gasteiger partial charge in [0.05, 0.1) is 12.2 Å². The van der Waals surface area contributed by atoms with E-state index in [0.717, 1.165) is 5.69 Å². The Morgan fingerprint density at radius 2 is 1.88 bits per heavy atom. The Morgan fingerprint density at radius 1 is 1.17 bits per heavy atom. The van der Waals surface area contributed by atoms with E-state index >= 15 is 0 Å². The molecule has 0 saturated carbocycles. The van der Waals surface area contributed by atoms with Crippen LogP contribution in [0.3, 0.4) is 0 Å². The standard InChI is InChI=1S/C16H19N5O3/c1-11(22)20-13-4-3-5-14(8-13)21-16-18-9-12(10-19-16)15(23)17-6-7-24-2/h3-5,8-10H,6-7H2,1-2H3,(H,17,23)(H,20,22)(H,18,19,21). The Hall–Kier alpha value is -3.00. The highest BCUT2D eigenvalue weighted by Gasteiger charge is 2.07. The van der Waals surface area contributed by atoms with E-state index in [0.29, 0.717) is 30.4 Å². The van der Waals surface area contributed by atoms with Crippen molar-refractivity contribution in [1.29, 1.82) is 0 Å². The van der Waals surface area contributed by atoms with Crippen molar-refractivity contribution in [3.63, 3.8) is 0 Å². The average Bonchev–Trinajstić information content (AvgIpc) is 2.55. The Bertz CT molecular complexity index is 703. The number of aromatic nitrogens is 2. The first kappa shape index (κ1) is 17.4. The van der Waals surface area contributed by atoms with Crippen molar-refractivity contribution in [2.75, 3.05) is 30.9 Å². The van der Waals surface area contributed by atoms with Gasteiger partial charge in [0.25, 0.3) is 5.91 Å². The second kappa shape index (κ2) is 8.59. The molecule has 0 radical (unpaired) electrons. The molecule has 0 atom stereocenters. The largest absolute Gasteiger partial charge is 0.383 e. The summed E-state index contributed by atoms with van der Waals surface area (Å²) in [6, 6.07) is 7.16. The summed E-state index contributed by atoms with van der Waals surface area (Å²) < 4.78 is 4.87. The Balaban J connectivity index is 1.98. The van der Waals surface area contributed by atoms with Crippen LogP contribution in [0.25, 0.3) is 0 Å². The number of amides is 2. The highest BCUT2D eigenvalue weighted by Crippen LogP contribution is 2.17. The van der Waals surface area contributed by atoms with Crippen LogP contribution in [0, 0.1) is 0 Å². The molecule has 2 amide bonds. The van der Waals surface area contributed by atoms with Gasteiger partial charge in [-0.2, -0.15) is 0 Å². The first-order chi connectivity index (χ1) is 11.6. The maximum Gasteiger partial charge on any atom is 0.254 e. The summed E-state index contributed by atoms with van der Waals surface area (Å²) in [5.41, 5.74) is 1.75. The van der Waals surface area contributed by atoms with E-state index in [4.69, 9.17) is 4.74 Å². The number of nitrogens with one attached hydrogen (secondary N) is 3. The summed E-state index contributed by atoms with van der Waals surface area (Å²) >= 11 is 0. The zero-order valence-corrected chi connectivity index (χ0v) is 13.5. The molecule has 0 unspecified atom stereocenters. The Kier molecular flexibility index (Phi) is 6.21. The molecule has 2 rings (SSSR count). The molecule has 1 aromatic carbocycles. The van der Waals surface area contributed by atoms with E-state index in [9.17, 15) is 9.59 Å². The van der Waals surface area contributed by atoms with Crippen molar-refractivity contribution in [3.05, 3.63) is 42.2 Å². The van der Waals surface area contributed by atoms with Crippen LogP contribution in [0.1, 0.15) is 17.3 Å². The average molecular weight is 329 g/mol. The number of hydrogen-bond donors (Lipinski definition) is 3. The van der Waals surface area contributed by atoms with E-state index in [1.807, 2.05) is 6.07 Å². The summed E-state index contributed by atoms with van der Waals surface area (Å²) in [6.07, 6.45) is 2.88. The third kappa shape index (κ3) is 5.33. The lowest BCUT2D eigenvalue weighted by atomic mass is 10.2. The molecule has 0 saturated heterocycles. The van der Waals surface area contributed by atoms with E-state index in [1.165, 1.54) is 19.3 Å². The summed E-state index contributed by atoms with van der Waals surface area (Å²) in [6.45, 7) is 2.31. The molecular formula is C16H19N5O3. The number of ether oxygens (including phenoxy) is 1. The molecule has 8 nitrogen and oxygen atoms in total. The van der Waals surface area contributed by atoms with Gasteiger partial charge < -0.3 is 20.7 Å². The van der Waals surface area contributed by atoms with Crippen LogP contribution in [0.2, 0.25) is 0 Å². The smallest absolute Gasteiger partial charge is 0.254 e. The summed E-state index contributed by atoms with van der Waals surface area (Å²) in [4.78, 5) is 31.1. The summed E-state index contributed by atoms with van der Waals surface area (Å²) in [5, 5.41) is 8.40. The molecule has 0 fully saturated rings. The van der Waals surface area contributed by atoms with Crippen LogP contribution in [0.5, 0.6) is 0 Å². The highest BCUT2D eigenvalue weighted by molar-refractivity contribution is 5.93. The predicted molar refractivity (Wildman–Crippen MR) is 90.3 cm³/mol. The highest BCUT2D eigenvalue weighted by atomic mass is 16.5. The van der Waals surface area contributed by atoms with Crippen LogP contribution in [-0.4, -0.2) is 42.0 Å². The van der Waals surface area contributed by atoms with Gasteiger partial charge in [-0.3, -0.25) is 9.59 Å². The molecule has 3 N–H and O–H groups in total. The molecular weight excluding hydrogens is 310 g/mol. The number of methoxy groups -OCH3 is 1. The van der Waals surface area contributed by atoms with Crippen LogP contribution >= 0.6 is 0 Å². The van der Waals surface area contributed by atoms with E-state index in [-0.39, 0.29) is 11.8 Å². The van der Waals surface area contributed by atoms with Gasteiger partial charge in [0.15, 0.2) is 0 Å². The quantitative estimate of drug-likeness (QED) is 0.666. The SMILES string of the molecule is COCCNC(=O)c1cnc(Nc2cccc(NC(C)=O)c2)nc1. The normalized spacial score (nSPS) is 10.1. The van der Waals surface area contributed by atoms with Crippen molar-refractivity contribution in [3.8, 4) is 0 Å². The molecule has 0 aliphatic carbocycles. The minimum atomic E-state index is -0.258. The number of carbonyl (C=O) groups is 2. The zero-order valence-electron chi connectivity index (χ0n) is 13.5. The lowest BCUT2D eigenvalue weighted by Gasteiger charge is -2.08. The number of anilines is 3. The molecule has 2 aromatic rings. The summed E-state index contributed by atoms with van der Waals surface area (Å²) in [7, 11) is 1.57. The van der Waals surface area contributed by atoms with Crippen LogP contribution in [0.4, 0.5) is 17.3 Å². The molecule has 1 heterocycles. The van der Waals surface area contributed by atoms with Crippen molar-refractivity contribution in [2.24, 2.45) is 0 Å². The number of nitrogens with zero attached hydrogens (tertiary/aromatic N) is 2. The molecule has 0 spiro atoms. The van der Waals surface area contributed by atoms with Gasteiger partial charge in [-0.25, -0.2) is 9.97 Å². The zero-order chi connectivity index (χ0) is 17.4. The number of benzene rings is 1. The predicted octanol–water partition coefficient (Wildman–Crippen LogP) is 1.55. The molecule has 0 aliphatic heterocycles. The number of rotatable bonds is 7. The summed E-state index contributed by atoms with van der Waals surface area (Å²) in [5.74, 6) is -0.0538. The van der Waals surface area contributed by atoms with Gasteiger partial charge in [-0.15, -0.1) is 0 Å². The van der Waals surface area contributed by atoms with Crippen molar-refractivity contribution in [2.45, 2.75) is 6.92 Å². The van der Waals surface area contributed by atoms with Gasteiger partial charge in [-0.1, -0.05) is 6.07 Å². The fraction of sp³-hybridized carbons (Fsp3) is 0.250. The van der Waals surface area contributed by atoms with Crippen molar-refractivity contribution in [1.82, 2.24) is 15.3 Å². The minimum absolute atomic E-state index is 0.146. The molecule has 0 bridgehead atoms. The fourth-order valence-electron chi connectivity index (χ4n) is 1.89. The number of hydrogen-bond acceptors (Lipinski definition) is 6. The molecule has 126 valence electrons. The van der Waals surface area contributed by atoms with Crippen molar-refractivity contribution >= 4 is 29.1 Å². The molecule has 0 aliphatic rings. The number of carbonyl (C=O) groups excluding carboxylic acids is 2. The lowest BCUT2D eigenvalue weighted by Crippen LogP contribution is -2.27. The first-order valence-electron chi connectivity index (χ1n) is 7.32. The van der Waals surface area contributed by atoms with Gasteiger partial charge in [0.2, 0.25) is 11.9 Å². The fourth-order valence-corrected chi connectivity index (χ4v) is 1.89. The van der Waals surface area contributed by atoms with Gasteiger partial charge in [-0.05, 0) is 18.2 Å². The first-order valence-corrected chi connectivity index (χ1v) is 7.32. The Morgan fingerprint density at radius 3 is 2.54 bits per heavy atom. The topological polar surface area (TPSA) is 105 Å². The maximum atomic E-state index is 11.8. The van der Waals surface area contributed by atoms with Crippen LogP contribution in [0.15, 0.2) is 36.7 Å². The monoisotopic (exact) mass is 329 g/mol. The molecule has 8 heteroatoms. The second-order valence-corrected chi connectivity index (χ2v) is 4.93. The third-order valence-electron chi connectivity index (χ3n) is 2.94. The van der Waals surface area contributed by atoms with Gasteiger partial charge in [0.1, 0.15) is 0 Å². The minimum Gasteiger partial charge on any atom is -0.383 e. The second-order valence-electron chi connectivity index (χ2n) is 4.93. The van der Waals surface area contributed by atoms with E-state index in [1.54, 1.807) is 25.3 Å².